The van der Waals surface area contributed by atoms with E-state index in [2.05, 4.69) is 25.8 Å². The molecule has 8 nitrogen and oxygen atoms in total. The summed E-state index contributed by atoms with van der Waals surface area (Å²) in [5, 5.41) is 19.5. The van der Waals surface area contributed by atoms with Gasteiger partial charge in [0.15, 0.2) is 11.4 Å². The molecule has 3 rings (SSSR count). The largest absolute Gasteiger partial charge is 0.383 e. The second-order valence-electron chi connectivity index (χ2n) is 5.65. The van der Waals surface area contributed by atoms with E-state index in [-0.39, 0.29) is 17.6 Å². The molecule has 2 heterocycles. The average Bonchev–Trinajstić information content (AvgIpc) is 2.96. The Morgan fingerprint density at radius 3 is 2.75 bits per heavy atom. The van der Waals surface area contributed by atoms with E-state index in [1.54, 1.807) is 13.1 Å². The molecule has 0 bridgehead atoms. The average molecular weight is 325 g/mol. The van der Waals surface area contributed by atoms with Crippen molar-refractivity contribution in [2.24, 2.45) is 0 Å². The van der Waals surface area contributed by atoms with Crippen LogP contribution < -0.4 is 16.4 Å². The van der Waals surface area contributed by atoms with Crippen LogP contribution in [0.3, 0.4) is 0 Å². The maximum absolute atomic E-state index is 8.55. The zero-order valence-electron chi connectivity index (χ0n) is 13.7. The Morgan fingerprint density at radius 1 is 1.25 bits per heavy atom. The molecule has 24 heavy (non-hydrogen) atoms. The Balaban J connectivity index is 2.06. The molecule has 3 aromatic rings. The molecule has 0 radical (unpaired) electrons. The lowest BCUT2D eigenvalue weighted by molar-refractivity contribution is 0.460. The van der Waals surface area contributed by atoms with E-state index in [0.29, 0.717) is 28.3 Å². The number of aromatic nitrogens is 3. The molecule has 5 N–H and O–H groups in total. The van der Waals surface area contributed by atoms with E-state index < -0.39 is 0 Å². The molecular formula is C16H19N7O. The maximum atomic E-state index is 8.55. The van der Waals surface area contributed by atoms with E-state index in [1.165, 1.54) is 6.33 Å². The van der Waals surface area contributed by atoms with Gasteiger partial charge in [0.1, 0.15) is 18.0 Å². The molecule has 0 aliphatic heterocycles. The summed E-state index contributed by atoms with van der Waals surface area (Å²) in [5.74, 6) is 1.45. The highest BCUT2D eigenvalue weighted by molar-refractivity contribution is 6.17. The van der Waals surface area contributed by atoms with Gasteiger partial charge in [-0.3, -0.25) is 5.41 Å². The smallest absolute Gasteiger partial charge is 0.177 e. The van der Waals surface area contributed by atoms with Crippen molar-refractivity contribution in [3.63, 3.8) is 0 Å². The fourth-order valence-corrected chi connectivity index (χ4v) is 2.45. The van der Waals surface area contributed by atoms with E-state index in [9.17, 15) is 0 Å². The second-order valence-corrected chi connectivity index (χ2v) is 5.65. The maximum Gasteiger partial charge on any atom is 0.177 e. The van der Waals surface area contributed by atoms with Crippen molar-refractivity contribution in [2.75, 3.05) is 23.4 Å². The van der Waals surface area contributed by atoms with Gasteiger partial charge in [-0.15, -0.1) is 0 Å². The molecule has 0 aliphatic rings. The van der Waals surface area contributed by atoms with E-state index in [0.717, 1.165) is 5.39 Å². The molecular weight excluding hydrogens is 306 g/mol. The Bertz CT molecular complexity index is 901. The lowest BCUT2D eigenvalue weighted by Crippen LogP contribution is -2.17. The molecule has 1 aromatic carbocycles. The number of nitrogens with one attached hydrogen (secondary N) is 3. The van der Waals surface area contributed by atoms with E-state index >= 15 is 0 Å². The van der Waals surface area contributed by atoms with Crippen LogP contribution in [0.5, 0.6) is 0 Å². The standard InChI is InChI=1S/C16H19N7O/c1-8(2)22-16-12(14(18)20-7-21-16)13(17)9-4-5-10-11(6-9)24-23-15(10)19-3/h4-8,17H,1-3H3,(H,19,23)(H3,18,20,21,22). The van der Waals surface area contributed by atoms with Gasteiger partial charge in [0.2, 0.25) is 0 Å². The number of hydrogen-bond acceptors (Lipinski definition) is 8. The fourth-order valence-electron chi connectivity index (χ4n) is 2.45. The highest BCUT2D eigenvalue weighted by Gasteiger charge is 2.18. The van der Waals surface area contributed by atoms with Gasteiger partial charge < -0.3 is 20.9 Å². The van der Waals surface area contributed by atoms with Crippen LogP contribution in [0, 0.1) is 5.41 Å². The van der Waals surface area contributed by atoms with Gasteiger partial charge in [0.05, 0.1) is 16.7 Å². The zero-order chi connectivity index (χ0) is 17.3. The minimum absolute atomic E-state index is 0.154. The summed E-state index contributed by atoms with van der Waals surface area (Å²) >= 11 is 0. The van der Waals surface area contributed by atoms with Gasteiger partial charge in [0.25, 0.3) is 0 Å². The topological polar surface area (TPSA) is 126 Å². The molecule has 0 saturated heterocycles. The van der Waals surface area contributed by atoms with Crippen molar-refractivity contribution in [1.29, 1.82) is 5.41 Å². The first-order valence-electron chi connectivity index (χ1n) is 7.54. The number of benzene rings is 1. The van der Waals surface area contributed by atoms with Crippen LogP contribution in [0.1, 0.15) is 25.0 Å². The van der Waals surface area contributed by atoms with Crippen LogP contribution in [0.2, 0.25) is 0 Å². The monoisotopic (exact) mass is 325 g/mol. The lowest BCUT2D eigenvalue weighted by Gasteiger charge is -2.15. The number of nitrogen functional groups attached to an aromatic ring is 1. The van der Waals surface area contributed by atoms with Crippen molar-refractivity contribution in [1.82, 2.24) is 15.1 Å². The van der Waals surface area contributed by atoms with Crippen molar-refractivity contribution in [2.45, 2.75) is 19.9 Å². The summed E-state index contributed by atoms with van der Waals surface area (Å²) in [5.41, 5.74) is 7.93. The predicted octanol–water partition coefficient (Wildman–Crippen LogP) is 2.48. The summed E-state index contributed by atoms with van der Waals surface area (Å²) in [6.45, 7) is 3.98. The van der Waals surface area contributed by atoms with Gasteiger partial charge in [-0.05, 0) is 26.0 Å². The third kappa shape index (κ3) is 2.73. The number of fused-ring (bicyclic) bond motifs is 1. The minimum Gasteiger partial charge on any atom is -0.383 e. The van der Waals surface area contributed by atoms with Crippen molar-refractivity contribution >= 4 is 34.1 Å². The van der Waals surface area contributed by atoms with Gasteiger partial charge in [0, 0.05) is 18.7 Å². The normalized spacial score (nSPS) is 11.0. The fraction of sp³-hybridized carbons (Fsp3) is 0.250. The molecule has 0 amide bonds. The number of nitrogens with two attached hydrogens (primary N) is 1. The third-order valence-corrected chi connectivity index (χ3v) is 3.55. The third-order valence-electron chi connectivity index (χ3n) is 3.55. The second kappa shape index (κ2) is 6.15. The van der Waals surface area contributed by atoms with Crippen LogP contribution in [0.4, 0.5) is 17.5 Å². The molecule has 8 heteroatoms. The van der Waals surface area contributed by atoms with Crippen LogP contribution in [0.25, 0.3) is 11.0 Å². The number of hydrogen-bond donors (Lipinski definition) is 4. The first-order valence-corrected chi connectivity index (χ1v) is 7.54. The molecule has 0 fully saturated rings. The highest BCUT2D eigenvalue weighted by atomic mass is 16.5. The molecule has 0 aliphatic carbocycles. The number of nitrogens with zero attached hydrogens (tertiary/aromatic N) is 3. The first-order chi connectivity index (χ1) is 11.5. The Hall–Kier alpha value is -3.16. The molecule has 0 saturated carbocycles. The molecule has 0 spiro atoms. The summed E-state index contributed by atoms with van der Waals surface area (Å²) in [4.78, 5) is 8.23. The summed E-state index contributed by atoms with van der Waals surface area (Å²) < 4.78 is 5.30. The quantitative estimate of drug-likeness (QED) is 0.531. The SMILES string of the molecule is CNc1noc2cc(C(=N)c3c(N)ncnc3NC(C)C)ccc12. The Labute approximate surface area is 139 Å². The van der Waals surface area contributed by atoms with Crippen molar-refractivity contribution < 1.29 is 4.52 Å². The zero-order valence-corrected chi connectivity index (χ0v) is 13.7. The summed E-state index contributed by atoms with van der Waals surface area (Å²) in [7, 11) is 1.78. The van der Waals surface area contributed by atoms with Crippen molar-refractivity contribution in [3.8, 4) is 0 Å². The molecule has 124 valence electrons. The van der Waals surface area contributed by atoms with Gasteiger partial charge in [-0.25, -0.2) is 9.97 Å². The van der Waals surface area contributed by atoms with Crippen molar-refractivity contribution in [3.05, 3.63) is 35.7 Å². The number of anilines is 3. The summed E-state index contributed by atoms with van der Waals surface area (Å²) in [6.07, 6.45) is 1.38. The van der Waals surface area contributed by atoms with Gasteiger partial charge >= 0.3 is 0 Å². The van der Waals surface area contributed by atoms with Crippen LogP contribution in [-0.2, 0) is 0 Å². The first kappa shape index (κ1) is 15.7. The Morgan fingerprint density at radius 2 is 2.04 bits per heavy atom. The van der Waals surface area contributed by atoms with Gasteiger partial charge in [-0.2, -0.15) is 0 Å². The molecule has 2 aromatic heterocycles. The minimum atomic E-state index is 0.154. The van der Waals surface area contributed by atoms with E-state index in [4.69, 9.17) is 15.7 Å². The summed E-state index contributed by atoms with van der Waals surface area (Å²) in [6, 6.07) is 5.60. The predicted molar refractivity (Wildman–Crippen MR) is 94.7 cm³/mol. The number of rotatable bonds is 5. The molecule has 0 unspecified atom stereocenters. The lowest BCUT2D eigenvalue weighted by atomic mass is 10.0. The Kier molecular flexibility index (Phi) is 4.03. The van der Waals surface area contributed by atoms with Crippen LogP contribution in [-0.4, -0.2) is 33.9 Å². The molecule has 0 atom stereocenters. The van der Waals surface area contributed by atoms with Gasteiger partial charge in [-0.1, -0.05) is 11.2 Å². The van der Waals surface area contributed by atoms with E-state index in [1.807, 2.05) is 26.0 Å². The highest BCUT2D eigenvalue weighted by Crippen LogP contribution is 2.27. The van der Waals surface area contributed by atoms with Crippen LogP contribution in [0.15, 0.2) is 29.0 Å². The van der Waals surface area contributed by atoms with Crippen LogP contribution >= 0.6 is 0 Å².